The summed E-state index contributed by atoms with van der Waals surface area (Å²) in [7, 11) is -2.93. The zero-order chi connectivity index (χ0) is 11.8. The summed E-state index contributed by atoms with van der Waals surface area (Å²) in [4.78, 5) is 0. The quantitative estimate of drug-likeness (QED) is 0.860. The Hall–Kier alpha value is -1.10. The molecule has 1 atom stereocenters. The monoisotopic (exact) mass is 243 g/mol. The van der Waals surface area contributed by atoms with Gasteiger partial charge in [0.25, 0.3) is 0 Å². The number of hydrogen-bond donors (Lipinski definition) is 1. The molecule has 1 aromatic carbocycles. The van der Waals surface area contributed by atoms with E-state index in [1.165, 1.54) is 6.07 Å². The molecule has 0 radical (unpaired) electrons. The number of halogens is 1. The number of nitrogens with one attached hydrogen (secondary N) is 1. The third kappa shape index (κ3) is 2.35. The first-order valence-corrected chi connectivity index (χ1v) is 7.02. The van der Waals surface area contributed by atoms with E-state index in [1.807, 2.05) is 0 Å². The third-order valence-electron chi connectivity index (χ3n) is 2.80. The first-order valence-electron chi connectivity index (χ1n) is 5.20. The zero-order valence-corrected chi connectivity index (χ0v) is 9.85. The van der Waals surface area contributed by atoms with Crippen molar-refractivity contribution >= 4 is 15.5 Å². The maximum absolute atomic E-state index is 13.5. The van der Waals surface area contributed by atoms with Gasteiger partial charge >= 0.3 is 0 Å². The normalized spacial score (nSPS) is 23.2. The minimum absolute atomic E-state index is 0.0980. The van der Waals surface area contributed by atoms with Gasteiger partial charge in [-0.2, -0.15) is 0 Å². The minimum Gasteiger partial charge on any atom is -0.379 e. The molecule has 1 aliphatic rings. The predicted octanol–water partition coefficient (Wildman–Crippen LogP) is 1.73. The standard InChI is InChI=1S/C11H14FNO2S/c1-8-3-2-4-10(12)11(8)13-9-5-6-16(14,15)7-9/h2-4,9,13H,5-7H2,1H3. The maximum Gasteiger partial charge on any atom is 0.152 e. The summed E-state index contributed by atoms with van der Waals surface area (Å²) in [6, 6.07) is 4.65. The Morgan fingerprint density at radius 1 is 1.44 bits per heavy atom. The Morgan fingerprint density at radius 2 is 2.19 bits per heavy atom. The van der Waals surface area contributed by atoms with Crippen LogP contribution in [-0.2, 0) is 9.84 Å². The van der Waals surface area contributed by atoms with Crippen molar-refractivity contribution in [3.63, 3.8) is 0 Å². The van der Waals surface area contributed by atoms with Crippen LogP contribution in [0.3, 0.4) is 0 Å². The van der Waals surface area contributed by atoms with E-state index < -0.39 is 9.84 Å². The van der Waals surface area contributed by atoms with Crippen LogP contribution in [0.25, 0.3) is 0 Å². The average Bonchev–Trinajstić information content (AvgIpc) is 2.52. The van der Waals surface area contributed by atoms with Gasteiger partial charge in [0.05, 0.1) is 17.2 Å². The molecular weight excluding hydrogens is 229 g/mol. The van der Waals surface area contributed by atoms with Crippen molar-refractivity contribution in [1.82, 2.24) is 0 Å². The number of anilines is 1. The topological polar surface area (TPSA) is 46.2 Å². The van der Waals surface area contributed by atoms with Crippen LogP contribution in [0.4, 0.5) is 10.1 Å². The van der Waals surface area contributed by atoms with Gasteiger partial charge in [-0.25, -0.2) is 12.8 Å². The second kappa shape index (κ2) is 4.05. The highest BCUT2D eigenvalue weighted by atomic mass is 32.2. The molecular formula is C11H14FNO2S. The predicted molar refractivity (Wildman–Crippen MR) is 61.8 cm³/mol. The summed E-state index contributed by atoms with van der Waals surface area (Å²) in [6.45, 7) is 1.80. The molecule has 0 aromatic heterocycles. The maximum atomic E-state index is 13.5. The fraction of sp³-hybridized carbons (Fsp3) is 0.455. The Morgan fingerprint density at radius 3 is 2.75 bits per heavy atom. The van der Waals surface area contributed by atoms with Crippen molar-refractivity contribution in [3.8, 4) is 0 Å². The van der Waals surface area contributed by atoms with E-state index in [4.69, 9.17) is 0 Å². The molecule has 5 heteroatoms. The summed E-state index contributed by atoms with van der Waals surface area (Å²) in [5.74, 6) is -0.0387. The molecule has 1 N–H and O–H groups in total. The van der Waals surface area contributed by atoms with Crippen LogP contribution in [0, 0.1) is 12.7 Å². The first-order chi connectivity index (χ1) is 7.48. The molecule has 3 nitrogen and oxygen atoms in total. The number of benzene rings is 1. The summed E-state index contributed by atoms with van der Waals surface area (Å²) in [5.41, 5.74) is 1.22. The molecule has 0 saturated carbocycles. The van der Waals surface area contributed by atoms with Gasteiger partial charge in [0.15, 0.2) is 9.84 Å². The highest BCUT2D eigenvalue weighted by Crippen LogP contribution is 2.23. The Balaban J connectivity index is 2.16. The lowest BCUT2D eigenvalue weighted by Crippen LogP contribution is -2.21. The molecule has 1 saturated heterocycles. The van der Waals surface area contributed by atoms with Crippen LogP contribution in [0.15, 0.2) is 18.2 Å². The molecule has 1 heterocycles. The summed E-state index contributed by atoms with van der Waals surface area (Å²) < 4.78 is 36.0. The van der Waals surface area contributed by atoms with Gasteiger partial charge in [-0.1, -0.05) is 12.1 Å². The van der Waals surface area contributed by atoms with Gasteiger partial charge in [-0.05, 0) is 25.0 Å². The Labute approximate surface area is 94.6 Å². The van der Waals surface area contributed by atoms with Crippen LogP contribution in [0.5, 0.6) is 0 Å². The van der Waals surface area contributed by atoms with E-state index in [9.17, 15) is 12.8 Å². The van der Waals surface area contributed by atoms with Crippen LogP contribution >= 0.6 is 0 Å². The van der Waals surface area contributed by atoms with E-state index in [1.54, 1.807) is 19.1 Å². The molecule has 0 spiro atoms. The lowest BCUT2D eigenvalue weighted by atomic mass is 10.1. The van der Waals surface area contributed by atoms with Gasteiger partial charge in [0.1, 0.15) is 5.82 Å². The smallest absolute Gasteiger partial charge is 0.152 e. The van der Waals surface area contributed by atoms with E-state index in [0.29, 0.717) is 12.1 Å². The fourth-order valence-corrected chi connectivity index (χ4v) is 3.60. The van der Waals surface area contributed by atoms with Crippen molar-refractivity contribution in [1.29, 1.82) is 0 Å². The van der Waals surface area contributed by atoms with Crippen molar-refractivity contribution in [3.05, 3.63) is 29.6 Å². The molecule has 1 unspecified atom stereocenters. The molecule has 0 amide bonds. The Kier molecular flexibility index (Phi) is 2.88. The van der Waals surface area contributed by atoms with Crippen molar-refractivity contribution in [2.24, 2.45) is 0 Å². The van der Waals surface area contributed by atoms with Crippen molar-refractivity contribution in [2.75, 3.05) is 16.8 Å². The van der Waals surface area contributed by atoms with E-state index >= 15 is 0 Å². The number of hydrogen-bond acceptors (Lipinski definition) is 3. The van der Waals surface area contributed by atoms with Gasteiger partial charge in [0.2, 0.25) is 0 Å². The van der Waals surface area contributed by atoms with Gasteiger partial charge in [-0.15, -0.1) is 0 Å². The molecule has 1 fully saturated rings. The van der Waals surface area contributed by atoms with Gasteiger partial charge in [0, 0.05) is 6.04 Å². The Bertz CT molecular complexity index is 478. The SMILES string of the molecule is Cc1cccc(F)c1NC1CCS(=O)(=O)C1. The molecule has 2 rings (SSSR count). The van der Waals surface area contributed by atoms with Crippen LogP contribution in [-0.4, -0.2) is 26.0 Å². The average molecular weight is 243 g/mol. The highest BCUT2D eigenvalue weighted by molar-refractivity contribution is 7.91. The fourth-order valence-electron chi connectivity index (χ4n) is 1.93. The van der Waals surface area contributed by atoms with Gasteiger partial charge in [-0.3, -0.25) is 0 Å². The van der Waals surface area contributed by atoms with Crippen LogP contribution in [0.2, 0.25) is 0 Å². The number of aryl methyl sites for hydroxylation is 1. The molecule has 88 valence electrons. The molecule has 0 bridgehead atoms. The number of rotatable bonds is 2. The lowest BCUT2D eigenvalue weighted by molar-refractivity contribution is 0.601. The van der Waals surface area contributed by atoms with E-state index in [0.717, 1.165) is 5.56 Å². The van der Waals surface area contributed by atoms with Crippen LogP contribution in [0.1, 0.15) is 12.0 Å². The second-order valence-electron chi connectivity index (χ2n) is 4.18. The first kappa shape index (κ1) is 11.4. The molecule has 16 heavy (non-hydrogen) atoms. The summed E-state index contributed by atoms with van der Waals surface area (Å²) >= 11 is 0. The zero-order valence-electron chi connectivity index (χ0n) is 9.03. The molecule has 1 aliphatic heterocycles. The van der Waals surface area contributed by atoms with E-state index in [-0.39, 0.29) is 23.4 Å². The second-order valence-corrected chi connectivity index (χ2v) is 6.40. The largest absolute Gasteiger partial charge is 0.379 e. The van der Waals surface area contributed by atoms with Crippen molar-refractivity contribution < 1.29 is 12.8 Å². The number of sulfone groups is 1. The van der Waals surface area contributed by atoms with Crippen LogP contribution < -0.4 is 5.32 Å². The summed E-state index contributed by atoms with van der Waals surface area (Å²) in [5, 5.41) is 2.98. The highest BCUT2D eigenvalue weighted by Gasteiger charge is 2.28. The number of para-hydroxylation sites is 1. The molecule has 1 aromatic rings. The summed E-state index contributed by atoms with van der Waals surface area (Å²) in [6.07, 6.45) is 0.552. The minimum atomic E-state index is -2.93. The lowest BCUT2D eigenvalue weighted by Gasteiger charge is -2.15. The third-order valence-corrected chi connectivity index (χ3v) is 4.57. The van der Waals surface area contributed by atoms with E-state index in [2.05, 4.69) is 5.32 Å². The molecule has 0 aliphatic carbocycles. The van der Waals surface area contributed by atoms with Gasteiger partial charge < -0.3 is 5.32 Å². The van der Waals surface area contributed by atoms with Crippen molar-refractivity contribution in [2.45, 2.75) is 19.4 Å².